The summed E-state index contributed by atoms with van der Waals surface area (Å²) in [5.41, 5.74) is 4.93. The third-order valence-corrected chi connectivity index (χ3v) is 5.47. The second kappa shape index (κ2) is 11.6. The van der Waals surface area contributed by atoms with Crippen molar-refractivity contribution in [2.45, 2.75) is 20.0 Å². The minimum absolute atomic E-state index is 0.122. The Morgan fingerprint density at radius 3 is 2.94 bits per heavy atom. The maximum Gasteiger partial charge on any atom is 0.311 e. The van der Waals surface area contributed by atoms with Gasteiger partial charge in [-0.3, -0.25) is 10.2 Å². The number of aromatic nitrogens is 1. The van der Waals surface area contributed by atoms with Gasteiger partial charge in [0.15, 0.2) is 11.5 Å². The van der Waals surface area contributed by atoms with E-state index in [-0.39, 0.29) is 24.8 Å². The summed E-state index contributed by atoms with van der Waals surface area (Å²) in [5.74, 6) is 0.377. The fourth-order valence-electron chi connectivity index (χ4n) is 2.70. The van der Waals surface area contributed by atoms with Crippen LogP contribution in [0.3, 0.4) is 0 Å². The summed E-state index contributed by atoms with van der Waals surface area (Å²) >= 11 is 4.83. The molecular formula is C22H21BrFN3O4S. The van der Waals surface area contributed by atoms with Crippen molar-refractivity contribution in [3.8, 4) is 11.5 Å². The van der Waals surface area contributed by atoms with Gasteiger partial charge in [0.1, 0.15) is 12.4 Å². The van der Waals surface area contributed by atoms with Crippen LogP contribution in [0.5, 0.6) is 11.5 Å². The molecule has 7 nitrogen and oxygen atoms in total. The molecule has 0 saturated heterocycles. The van der Waals surface area contributed by atoms with E-state index < -0.39 is 0 Å². The van der Waals surface area contributed by atoms with Crippen LogP contribution < -0.4 is 14.9 Å². The zero-order valence-electron chi connectivity index (χ0n) is 17.4. The molecule has 0 unspecified atom stereocenters. The highest BCUT2D eigenvalue weighted by Crippen LogP contribution is 2.37. The molecule has 0 aliphatic rings. The summed E-state index contributed by atoms with van der Waals surface area (Å²) in [5, 5.41) is 6.52. The third kappa shape index (κ3) is 6.76. The van der Waals surface area contributed by atoms with Crippen LogP contribution >= 0.6 is 27.3 Å². The van der Waals surface area contributed by atoms with Gasteiger partial charge in [0.05, 0.1) is 36.5 Å². The predicted molar refractivity (Wildman–Crippen MR) is 125 cm³/mol. The summed E-state index contributed by atoms with van der Waals surface area (Å²) in [6, 6.07) is 9.81. The Morgan fingerprint density at radius 2 is 2.19 bits per heavy atom. The number of anilines is 1. The summed E-state index contributed by atoms with van der Waals surface area (Å²) < 4.78 is 30.2. The van der Waals surface area contributed by atoms with Crippen molar-refractivity contribution in [1.82, 2.24) is 4.98 Å². The van der Waals surface area contributed by atoms with Crippen molar-refractivity contribution >= 4 is 44.6 Å². The molecule has 1 N–H and O–H groups in total. The summed E-state index contributed by atoms with van der Waals surface area (Å²) in [4.78, 5) is 15.8. The van der Waals surface area contributed by atoms with Gasteiger partial charge in [0, 0.05) is 5.38 Å². The molecule has 10 heteroatoms. The smallest absolute Gasteiger partial charge is 0.311 e. The number of nitrogens with zero attached hydrogens (tertiary/aromatic N) is 2. The SMILES string of the molecule is CCOC(=O)Cc1csc(NN=Cc2cc(Br)c(OCc3cccc(F)c3)c(OC)c2)n1. The quantitative estimate of drug-likeness (QED) is 0.225. The molecule has 0 spiro atoms. The van der Waals surface area contributed by atoms with Crippen LogP contribution in [0.1, 0.15) is 23.7 Å². The highest BCUT2D eigenvalue weighted by Gasteiger charge is 2.12. The molecule has 1 aromatic heterocycles. The second-order valence-corrected chi connectivity index (χ2v) is 8.16. The minimum Gasteiger partial charge on any atom is -0.493 e. The summed E-state index contributed by atoms with van der Waals surface area (Å²) in [6.07, 6.45) is 1.73. The van der Waals surface area contributed by atoms with Gasteiger partial charge in [-0.25, -0.2) is 9.37 Å². The topological polar surface area (TPSA) is 82.0 Å². The van der Waals surface area contributed by atoms with Crippen LogP contribution in [0, 0.1) is 5.82 Å². The molecule has 0 aliphatic carbocycles. The average Bonchev–Trinajstić information content (AvgIpc) is 3.19. The van der Waals surface area contributed by atoms with E-state index >= 15 is 0 Å². The molecular weight excluding hydrogens is 501 g/mol. The number of carbonyl (C=O) groups excluding carboxylic acids is 1. The largest absolute Gasteiger partial charge is 0.493 e. The maximum atomic E-state index is 13.4. The molecule has 0 aliphatic heterocycles. The highest BCUT2D eigenvalue weighted by molar-refractivity contribution is 9.10. The third-order valence-electron chi connectivity index (χ3n) is 4.08. The normalized spacial score (nSPS) is 10.9. The van der Waals surface area contributed by atoms with Gasteiger partial charge in [-0.1, -0.05) is 12.1 Å². The summed E-state index contributed by atoms with van der Waals surface area (Å²) in [6.45, 7) is 2.29. The van der Waals surface area contributed by atoms with Crippen LogP contribution in [-0.2, 0) is 22.6 Å². The van der Waals surface area contributed by atoms with Crippen LogP contribution in [0.4, 0.5) is 9.52 Å². The lowest BCUT2D eigenvalue weighted by atomic mass is 10.2. The lowest BCUT2D eigenvalue weighted by Gasteiger charge is -2.13. The number of benzene rings is 2. The zero-order chi connectivity index (χ0) is 22.9. The lowest BCUT2D eigenvalue weighted by molar-refractivity contribution is -0.142. The number of rotatable bonds is 10. The fraction of sp³-hybridized carbons (Fsp3) is 0.227. The van der Waals surface area contributed by atoms with E-state index in [0.29, 0.717) is 39.0 Å². The Morgan fingerprint density at radius 1 is 1.34 bits per heavy atom. The molecule has 0 fully saturated rings. The standard InChI is InChI=1S/C22H21BrFN3O4S/c1-3-30-20(28)10-17-13-32-22(26-17)27-25-11-15-8-18(23)21(19(9-15)29-2)31-12-14-5-4-6-16(24)7-14/h4-9,11,13H,3,10,12H2,1-2H3,(H,26,27). The van der Waals surface area contributed by atoms with Crippen LogP contribution in [0.15, 0.2) is 51.4 Å². The van der Waals surface area contributed by atoms with Crippen molar-refractivity contribution in [3.63, 3.8) is 0 Å². The van der Waals surface area contributed by atoms with E-state index in [1.54, 1.807) is 36.7 Å². The van der Waals surface area contributed by atoms with Gasteiger partial charge in [-0.05, 0) is 58.2 Å². The first kappa shape index (κ1) is 23.7. The Balaban J connectivity index is 1.63. The Hall–Kier alpha value is -2.98. The minimum atomic E-state index is -0.315. The van der Waals surface area contributed by atoms with Gasteiger partial charge in [0.2, 0.25) is 5.13 Å². The molecule has 3 rings (SSSR count). The Labute approximate surface area is 197 Å². The van der Waals surface area contributed by atoms with E-state index in [2.05, 4.69) is 31.4 Å². The number of hydrogen-bond donors (Lipinski definition) is 1. The van der Waals surface area contributed by atoms with Crippen LogP contribution in [0.25, 0.3) is 0 Å². The molecule has 168 valence electrons. The predicted octanol–water partition coefficient (Wildman–Crippen LogP) is 5.18. The molecule has 0 radical (unpaired) electrons. The van der Waals surface area contributed by atoms with Crippen LogP contribution in [0.2, 0.25) is 0 Å². The molecule has 1 heterocycles. The van der Waals surface area contributed by atoms with Crippen molar-refractivity contribution in [3.05, 3.63) is 68.9 Å². The number of nitrogens with one attached hydrogen (secondary N) is 1. The van der Waals surface area contributed by atoms with Gasteiger partial charge in [-0.2, -0.15) is 5.10 Å². The van der Waals surface area contributed by atoms with Crippen molar-refractivity contribution in [2.24, 2.45) is 5.10 Å². The first-order valence-corrected chi connectivity index (χ1v) is 11.3. The van der Waals surface area contributed by atoms with Gasteiger partial charge < -0.3 is 14.2 Å². The number of thiazole rings is 1. The maximum absolute atomic E-state index is 13.4. The van der Waals surface area contributed by atoms with E-state index in [9.17, 15) is 9.18 Å². The number of esters is 1. The Kier molecular flexibility index (Phi) is 8.57. The number of hydrogen-bond acceptors (Lipinski definition) is 8. The molecule has 2 aromatic carbocycles. The van der Waals surface area contributed by atoms with E-state index in [1.807, 2.05) is 6.07 Å². The first-order valence-electron chi connectivity index (χ1n) is 9.62. The van der Waals surface area contributed by atoms with Crippen LogP contribution in [-0.4, -0.2) is 30.9 Å². The Bertz CT molecular complexity index is 1110. The van der Waals surface area contributed by atoms with Crippen molar-refractivity contribution < 1.29 is 23.4 Å². The zero-order valence-corrected chi connectivity index (χ0v) is 19.8. The number of hydrazone groups is 1. The van der Waals surface area contributed by atoms with Gasteiger partial charge >= 0.3 is 5.97 Å². The highest BCUT2D eigenvalue weighted by atomic mass is 79.9. The number of methoxy groups -OCH3 is 1. The molecule has 0 bridgehead atoms. The summed E-state index contributed by atoms with van der Waals surface area (Å²) in [7, 11) is 1.54. The molecule has 32 heavy (non-hydrogen) atoms. The van der Waals surface area contributed by atoms with Gasteiger partial charge in [-0.15, -0.1) is 11.3 Å². The van der Waals surface area contributed by atoms with E-state index in [1.165, 1.54) is 30.6 Å². The fourth-order valence-corrected chi connectivity index (χ4v) is 3.93. The number of carbonyl (C=O) groups is 1. The van der Waals surface area contributed by atoms with Crippen molar-refractivity contribution in [2.75, 3.05) is 19.1 Å². The molecule has 0 amide bonds. The number of ether oxygens (including phenoxy) is 3. The lowest BCUT2D eigenvalue weighted by Crippen LogP contribution is -2.07. The van der Waals surface area contributed by atoms with E-state index in [0.717, 1.165) is 5.56 Å². The second-order valence-electron chi connectivity index (χ2n) is 6.45. The van der Waals surface area contributed by atoms with Gasteiger partial charge in [0.25, 0.3) is 0 Å². The first-order chi connectivity index (χ1) is 15.5. The molecule has 3 aromatic rings. The van der Waals surface area contributed by atoms with Crippen molar-refractivity contribution in [1.29, 1.82) is 0 Å². The molecule has 0 saturated carbocycles. The number of halogens is 2. The van der Waals surface area contributed by atoms with E-state index in [4.69, 9.17) is 14.2 Å². The monoisotopic (exact) mass is 521 g/mol. The molecule has 0 atom stereocenters. The average molecular weight is 522 g/mol.